The van der Waals surface area contributed by atoms with E-state index in [0.29, 0.717) is 0 Å². The third-order valence-corrected chi connectivity index (χ3v) is 1.69. The van der Waals surface area contributed by atoms with E-state index >= 15 is 0 Å². The summed E-state index contributed by atoms with van der Waals surface area (Å²) in [5, 5.41) is 44.7. The van der Waals surface area contributed by atoms with Crippen LogP contribution in [-0.2, 0) is 4.79 Å². The number of carbonyl (C=O) groups excluding carboxylic acids is 1. The van der Waals surface area contributed by atoms with E-state index in [1.54, 1.807) is 0 Å². The van der Waals surface area contributed by atoms with Crippen molar-refractivity contribution in [1.82, 2.24) is 0 Å². The molecule has 0 saturated carbocycles. The molecule has 0 rings (SSSR count). The van der Waals surface area contributed by atoms with E-state index in [4.69, 9.17) is 37.0 Å². The standard InChI is InChI=1S/C6H14N2O6/c7-5(13)3(11)2(10)4(12)6(8,14)1-9/h1-5,10-14H,7-8H2/t2-,3+,4+,5?,6+/m1/s1. The van der Waals surface area contributed by atoms with Crippen LogP contribution >= 0.6 is 0 Å². The number of aliphatic hydroxyl groups is 5. The van der Waals surface area contributed by atoms with E-state index < -0.39 is 30.3 Å². The normalized spacial score (nSPS) is 24.5. The lowest BCUT2D eigenvalue weighted by Crippen LogP contribution is -2.61. The molecule has 0 amide bonds. The van der Waals surface area contributed by atoms with E-state index in [2.05, 4.69) is 0 Å². The van der Waals surface area contributed by atoms with Crippen LogP contribution in [0.25, 0.3) is 0 Å². The zero-order chi connectivity index (χ0) is 11.5. The Bertz CT molecular complexity index is 197. The SMILES string of the molecule is NC(O)[C@@H](O)[C@@H](O)[C@H](O)[C@@](N)(O)C=O. The minimum absolute atomic E-state index is 0.212. The molecule has 0 aliphatic carbocycles. The van der Waals surface area contributed by atoms with Crippen LogP contribution in [0.1, 0.15) is 0 Å². The Morgan fingerprint density at radius 3 is 1.86 bits per heavy atom. The first kappa shape index (κ1) is 13.4. The summed E-state index contributed by atoms with van der Waals surface area (Å²) in [4.78, 5) is 10.1. The van der Waals surface area contributed by atoms with E-state index in [0.717, 1.165) is 0 Å². The van der Waals surface area contributed by atoms with Gasteiger partial charge >= 0.3 is 0 Å². The second kappa shape index (κ2) is 4.75. The molecule has 9 N–H and O–H groups in total. The van der Waals surface area contributed by atoms with Crippen LogP contribution < -0.4 is 11.5 Å². The second-order valence-electron chi connectivity index (χ2n) is 2.92. The van der Waals surface area contributed by atoms with Crippen molar-refractivity contribution in [2.75, 3.05) is 0 Å². The molecule has 0 fully saturated rings. The average Bonchev–Trinajstić information content (AvgIpc) is 2.14. The molecule has 14 heavy (non-hydrogen) atoms. The Labute approximate surface area is 79.4 Å². The summed E-state index contributed by atoms with van der Waals surface area (Å²) < 4.78 is 0. The number of carbonyl (C=O) groups is 1. The lowest BCUT2D eigenvalue weighted by atomic mass is 9.99. The van der Waals surface area contributed by atoms with Gasteiger partial charge in [0.15, 0.2) is 12.0 Å². The van der Waals surface area contributed by atoms with Crippen molar-refractivity contribution in [1.29, 1.82) is 0 Å². The minimum atomic E-state index is -2.71. The number of aliphatic hydroxyl groups excluding tert-OH is 4. The van der Waals surface area contributed by atoms with Crippen LogP contribution in [0.3, 0.4) is 0 Å². The molecular weight excluding hydrogens is 196 g/mol. The van der Waals surface area contributed by atoms with Crippen molar-refractivity contribution in [2.24, 2.45) is 11.5 Å². The predicted octanol–water partition coefficient (Wildman–Crippen LogP) is -4.81. The topological polar surface area (TPSA) is 170 Å². The maximum atomic E-state index is 10.1. The third kappa shape index (κ3) is 2.96. The van der Waals surface area contributed by atoms with Crippen molar-refractivity contribution in [3.63, 3.8) is 0 Å². The Balaban J connectivity index is 4.53. The first-order valence-corrected chi connectivity index (χ1v) is 3.69. The van der Waals surface area contributed by atoms with Crippen molar-refractivity contribution in [3.8, 4) is 0 Å². The lowest BCUT2D eigenvalue weighted by molar-refractivity contribution is -0.169. The maximum absolute atomic E-state index is 10.1. The summed E-state index contributed by atoms with van der Waals surface area (Å²) in [6.45, 7) is 0. The first-order valence-electron chi connectivity index (χ1n) is 3.69. The Morgan fingerprint density at radius 2 is 1.57 bits per heavy atom. The van der Waals surface area contributed by atoms with Crippen LogP contribution in [0.4, 0.5) is 0 Å². The summed E-state index contributed by atoms with van der Waals surface area (Å²) in [5.41, 5.74) is 6.91. The number of aldehydes is 1. The van der Waals surface area contributed by atoms with Gasteiger partial charge in [-0.05, 0) is 0 Å². The molecule has 8 nitrogen and oxygen atoms in total. The highest BCUT2D eigenvalue weighted by Gasteiger charge is 2.40. The summed E-state index contributed by atoms with van der Waals surface area (Å²) in [6.07, 6.45) is -8.18. The van der Waals surface area contributed by atoms with Crippen molar-refractivity contribution in [3.05, 3.63) is 0 Å². The zero-order valence-electron chi connectivity index (χ0n) is 7.19. The molecule has 0 radical (unpaired) electrons. The summed E-state index contributed by atoms with van der Waals surface area (Å²) in [5.74, 6) is 0. The fourth-order valence-electron chi connectivity index (χ4n) is 0.732. The maximum Gasteiger partial charge on any atom is 0.199 e. The molecule has 0 aromatic rings. The monoisotopic (exact) mass is 210 g/mol. The minimum Gasteiger partial charge on any atom is -0.387 e. The average molecular weight is 210 g/mol. The third-order valence-electron chi connectivity index (χ3n) is 1.69. The van der Waals surface area contributed by atoms with E-state index in [-0.39, 0.29) is 6.29 Å². The number of hydrogen-bond acceptors (Lipinski definition) is 8. The summed E-state index contributed by atoms with van der Waals surface area (Å²) >= 11 is 0. The van der Waals surface area contributed by atoms with Gasteiger partial charge in [0.05, 0.1) is 0 Å². The quantitative estimate of drug-likeness (QED) is 0.175. The highest BCUT2D eigenvalue weighted by Crippen LogP contribution is 2.09. The fraction of sp³-hybridized carbons (Fsp3) is 0.833. The van der Waals surface area contributed by atoms with Crippen LogP contribution in [0.5, 0.6) is 0 Å². The van der Waals surface area contributed by atoms with Crippen LogP contribution in [0, 0.1) is 0 Å². The molecule has 84 valence electrons. The van der Waals surface area contributed by atoms with Gasteiger partial charge in [0.25, 0.3) is 0 Å². The van der Waals surface area contributed by atoms with Gasteiger partial charge < -0.3 is 31.3 Å². The van der Waals surface area contributed by atoms with Gasteiger partial charge in [0.1, 0.15) is 24.5 Å². The van der Waals surface area contributed by atoms with Gasteiger partial charge in [0, 0.05) is 0 Å². The molecule has 0 aromatic carbocycles. The van der Waals surface area contributed by atoms with Crippen LogP contribution in [0.2, 0.25) is 0 Å². The molecule has 0 heterocycles. The molecule has 5 atom stereocenters. The first-order chi connectivity index (χ1) is 6.24. The van der Waals surface area contributed by atoms with Crippen molar-refractivity contribution < 1.29 is 30.3 Å². The predicted molar refractivity (Wildman–Crippen MR) is 43.4 cm³/mol. The molecule has 0 spiro atoms. The molecular formula is C6H14N2O6. The van der Waals surface area contributed by atoms with Gasteiger partial charge in [0.2, 0.25) is 0 Å². The fourth-order valence-corrected chi connectivity index (χ4v) is 0.732. The smallest absolute Gasteiger partial charge is 0.199 e. The van der Waals surface area contributed by atoms with Crippen LogP contribution in [0.15, 0.2) is 0 Å². The molecule has 0 aromatic heterocycles. The Morgan fingerprint density at radius 1 is 1.14 bits per heavy atom. The molecule has 8 heteroatoms. The van der Waals surface area contributed by atoms with E-state index in [1.807, 2.05) is 0 Å². The van der Waals surface area contributed by atoms with Gasteiger partial charge in [-0.3, -0.25) is 10.5 Å². The summed E-state index contributed by atoms with van der Waals surface area (Å²) in [7, 11) is 0. The molecule has 0 saturated heterocycles. The molecule has 0 aliphatic rings. The number of hydrogen-bond donors (Lipinski definition) is 7. The second-order valence-corrected chi connectivity index (χ2v) is 2.92. The Kier molecular flexibility index (Phi) is 4.55. The van der Waals surface area contributed by atoms with Crippen molar-refractivity contribution >= 4 is 6.29 Å². The van der Waals surface area contributed by atoms with Gasteiger partial charge in [-0.25, -0.2) is 0 Å². The lowest BCUT2D eigenvalue weighted by Gasteiger charge is -2.30. The zero-order valence-corrected chi connectivity index (χ0v) is 7.19. The van der Waals surface area contributed by atoms with Gasteiger partial charge in [-0.15, -0.1) is 0 Å². The highest BCUT2D eigenvalue weighted by atomic mass is 16.4. The van der Waals surface area contributed by atoms with Gasteiger partial charge in [-0.1, -0.05) is 0 Å². The number of nitrogens with two attached hydrogens (primary N) is 2. The largest absolute Gasteiger partial charge is 0.387 e. The van der Waals surface area contributed by atoms with E-state index in [9.17, 15) is 4.79 Å². The van der Waals surface area contributed by atoms with Crippen molar-refractivity contribution in [2.45, 2.75) is 30.3 Å². The highest BCUT2D eigenvalue weighted by molar-refractivity contribution is 5.62. The van der Waals surface area contributed by atoms with E-state index in [1.165, 1.54) is 0 Å². The Hall–Kier alpha value is -0.610. The van der Waals surface area contributed by atoms with Crippen LogP contribution in [-0.4, -0.2) is 62.1 Å². The van der Waals surface area contributed by atoms with Gasteiger partial charge in [-0.2, -0.15) is 0 Å². The summed E-state index contributed by atoms with van der Waals surface area (Å²) in [6, 6.07) is 0. The number of rotatable bonds is 5. The molecule has 1 unspecified atom stereocenters. The molecule has 0 bridgehead atoms. The molecule has 0 aliphatic heterocycles.